The summed E-state index contributed by atoms with van der Waals surface area (Å²) in [6.07, 6.45) is -0.250. The number of aliphatic hydroxyl groups excluding tert-OH is 1. The molecule has 0 aliphatic rings. The molecule has 2 heterocycles. The second kappa shape index (κ2) is 11.6. The van der Waals surface area contributed by atoms with Gasteiger partial charge in [-0.25, -0.2) is 5.48 Å². The number of aryl methyl sites for hydroxylation is 2. The van der Waals surface area contributed by atoms with Gasteiger partial charge in [-0.05, 0) is 48.6 Å². The molecule has 1 aromatic carbocycles. The average Bonchev–Trinajstić information content (AvgIpc) is 3.52. The van der Waals surface area contributed by atoms with Crippen molar-refractivity contribution in [1.29, 1.82) is 0 Å². The van der Waals surface area contributed by atoms with Crippen LogP contribution in [0.25, 0.3) is 10.8 Å². The maximum absolute atomic E-state index is 13.3. The molecule has 0 saturated heterocycles. The highest BCUT2D eigenvalue weighted by molar-refractivity contribution is 7.13. The van der Waals surface area contributed by atoms with E-state index in [2.05, 4.69) is 15.5 Å². The summed E-state index contributed by atoms with van der Waals surface area (Å²) in [5.41, 5.74) is 3.19. The van der Waals surface area contributed by atoms with Gasteiger partial charge in [-0.1, -0.05) is 61.8 Å². The molecule has 2 amide bonds. The number of amides is 2. The molecule has 10 heteroatoms. The normalized spacial score (nSPS) is 14.2. The quantitative estimate of drug-likeness (QED) is 0.245. The van der Waals surface area contributed by atoms with Crippen molar-refractivity contribution in [3.05, 3.63) is 58.7 Å². The number of rotatable bonds is 10. The first-order valence-electron chi connectivity index (χ1n) is 11.5. The van der Waals surface area contributed by atoms with Crippen molar-refractivity contribution < 1.29 is 24.4 Å². The van der Waals surface area contributed by atoms with E-state index in [0.29, 0.717) is 24.6 Å². The van der Waals surface area contributed by atoms with Gasteiger partial charge in [0, 0.05) is 0 Å². The van der Waals surface area contributed by atoms with E-state index in [-0.39, 0.29) is 6.42 Å². The Morgan fingerprint density at radius 1 is 1.14 bits per heavy atom. The highest BCUT2D eigenvalue weighted by atomic mass is 32.1. The number of aromatic nitrogens is 2. The Morgan fingerprint density at radius 3 is 2.46 bits per heavy atom. The first-order chi connectivity index (χ1) is 16.6. The maximum atomic E-state index is 13.3. The molecule has 3 atom stereocenters. The Labute approximate surface area is 208 Å². The topological polar surface area (TPSA) is 138 Å². The number of nitrogens with one attached hydrogen (secondary N) is 2. The Bertz CT molecular complexity index is 1110. The van der Waals surface area contributed by atoms with Crippen LogP contribution >= 0.6 is 11.3 Å². The molecule has 9 nitrogen and oxygen atoms in total. The van der Waals surface area contributed by atoms with Crippen LogP contribution in [0.1, 0.15) is 56.6 Å². The minimum absolute atomic E-state index is 0.234. The molecule has 3 aromatic rings. The fraction of sp³-hybridized carbons (Fsp3) is 0.440. The zero-order valence-corrected chi connectivity index (χ0v) is 21.1. The summed E-state index contributed by atoms with van der Waals surface area (Å²) in [5, 5.41) is 28.4. The van der Waals surface area contributed by atoms with Gasteiger partial charge < -0.3 is 14.9 Å². The van der Waals surface area contributed by atoms with E-state index in [1.807, 2.05) is 69.5 Å². The summed E-state index contributed by atoms with van der Waals surface area (Å²) in [6.45, 7) is 7.76. The summed E-state index contributed by atoms with van der Waals surface area (Å²) >= 11 is 1.46. The summed E-state index contributed by atoms with van der Waals surface area (Å²) < 4.78 is 5.40. The van der Waals surface area contributed by atoms with Gasteiger partial charge in [0.2, 0.25) is 5.91 Å². The van der Waals surface area contributed by atoms with Crippen molar-refractivity contribution in [2.24, 2.45) is 11.3 Å². The molecule has 2 aromatic heterocycles. The number of hydroxylamine groups is 1. The lowest BCUT2D eigenvalue weighted by Gasteiger charge is -2.31. The van der Waals surface area contributed by atoms with Crippen molar-refractivity contribution in [3.63, 3.8) is 0 Å². The lowest BCUT2D eigenvalue weighted by Crippen LogP contribution is -2.48. The van der Waals surface area contributed by atoms with Gasteiger partial charge in [-0.3, -0.25) is 14.8 Å². The molecule has 3 rings (SSSR count). The molecule has 0 unspecified atom stereocenters. The molecule has 0 saturated carbocycles. The van der Waals surface area contributed by atoms with Crippen LogP contribution in [0.3, 0.4) is 0 Å². The maximum Gasteiger partial charge on any atom is 0.272 e. The molecule has 4 N–H and O–H groups in total. The molecule has 0 bridgehead atoms. The minimum Gasteiger partial charge on any atom is -0.382 e. The van der Waals surface area contributed by atoms with E-state index < -0.39 is 35.3 Å². The Hall–Kier alpha value is -3.08. The van der Waals surface area contributed by atoms with Crippen molar-refractivity contribution >= 4 is 23.2 Å². The monoisotopic (exact) mass is 500 g/mol. The third-order valence-corrected chi connectivity index (χ3v) is 6.64. The first kappa shape index (κ1) is 26.5. The predicted octanol–water partition coefficient (Wildman–Crippen LogP) is 3.82. The van der Waals surface area contributed by atoms with E-state index >= 15 is 0 Å². The van der Waals surface area contributed by atoms with Gasteiger partial charge in [-0.2, -0.15) is 4.98 Å². The number of nitrogens with zero attached hydrogens (tertiary/aromatic N) is 2. The SMILES string of the molecule is Cc1ccc(CCC[C@@H](C(=O)N[C@H](c2noc(-c3cccs3)n2)C(C)(C)C)[C@H](O)C(=O)NO)cc1. The number of thiophene rings is 1. The minimum atomic E-state index is -1.72. The van der Waals surface area contributed by atoms with E-state index in [1.54, 1.807) is 0 Å². The number of benzene rings is 1. The summed E-state index contributed by atoms with van der Waals surface area (Å²) in [6, 6.07) is 11.1. The summed E-state index contributed by atoms with van der Waals surface area (Å²) in [4.78, 5) is 30.6. The second-order valence-electron chi connectivity index (χ2n) is 9.65. The van der Waals surface area contributed by atoms with Gasteiger partial charge in [0.15, 0.2) is 5.82 Å². The molecule has 0 aliphatic heterocycles. The van der Waals surface area contributed by atoms with Crippen LogP contribution in [-0.4, -0.2) is 38.4 Å². The van der Waals surface area contributed by atoms with Crippen LogP contribution in [0, 0.1) is 18.3 Å². The summed E-state index contributed by atoms with van der Waals surface area (Å²) in [5.74, 6) is -2.00. The van der Waals surface area contributed by atoms with E-state index in [0.717, 1.165) is 16.0 Å². The number of carbonyl (C=O) groups is 2. The van der Waals surface area contributed by atoms with Gasteiger partial charge in [0.1, 0.15) is 6.10 Å². The second-order valence-corrected chi connectivity index (χ2v) is 10.6. The standard InChI is InChI=1S/C25H32N4O5S/c1-15-10-12-16(13-11-15)7-5-8-17(19(30)23(32)28-33)22(31)26-20(25(2,3)4)21-27-24(34-29-21)18-9-6-14-35-18/h6,9-14,17,19-20,30,33H,5,7-8H2,1-4H3,(H,26,31)(H,28,32)/t17-,19+,20-/m1/s1. The Morgan fingerprint density at radius 2 is 1.86 bits per heavy atom. The molecule has 0 spiro atoms. The largest absolute Gasteiger partial charge is 0.382 e. The molecular weight excluding hydrogens is 468 g/mol. The van der Waals surface area contributed by atoms with Gasteiger partial charge >= 0.3 is 0 Å². The Kier molecular flexibility index (Phi) is 8.76. The van der Waals surface area contributed by atoms with Crippen molar-refractivity contribution in [2.75, 3.05) is 0 Å². The molecular formula is C25H32N4O5S. The molecule has 0 radical (unpaired) electrons. The van der Waals surface area contributed by atoms with E-state index in [1.165, 1.54) is 16.8 Å². The van der Waals surface area contributed by atoms with Crippen LogP contribution in [0.2, 0.25) is 0 Å². The smallest absolute Gasteiger partial charge is 0.272 e. The first-order valence-corrected chi connectivity index (χ1v) is 12.3. The molecule has 188 valence electrons. The number of aliphatic hydroxyl groups is 1. The van der Waals surface area contributed by atoms with Crippen molar-refractivity contribution in [2.45, 2.75) is 59.1 Å². The number of carbonyl (C=O) groups excluding carboxylic acids is 2. The number of hydrogen-bond acceptors (Lipinski definition) is 8. The lowest BCUT2D eigenvalue weighted by molar-refractivity contribution is -0.146. The van der Waals surface area contributed by atoms with Crippen LogP contribution in [-0.2, 0) is 16.0 Å². The Balaban J connectivity index is 1.77. The van der Waals surface area contributed by atoms with Crippen LogP contribution < -0.4 is 10.8 Å². The third kappa shape index (κ3) is 6.97. The van der Waals surface area contributed by atoms with Gasteiger partial charge in [-0.15, -0.1) is 11.3 Å². The average molecular weight is 501 g/mol. The summed E-state index contributed by atoms with van der Waals surface area (Å²) in [7, 11) is 0. The lowest BCUT2D eigenvalue weighted by atomic mass is 9.85. The van der Waals surface area contributed by atoms with Crippen molar-refractivity contribution in [1.82, 2.24) is 20.9 Å². The molecule has 0 fully saturated rings. The number of hydrogen-bond donors (Lipinski definition) is 4. The molecule has 0 aliphatic carbocycles. The van der Waals surface area contributed by atoms with E-state index in [9.17, 15) is 14.7 Å². The fourth-order valence-electron chi connectivity index (χ4n) is 3.73. The predicted molar refractivity (Wildman–Crippen MR) is 131 cm³/mol. The fourth-order valence-corrected chi connectivity index (χ4v) is 4.38. The molecule has 35 heavy (non-hydrogen) atoms. The van der Waals surface area contributed by atoms with Gasteiger partial charge in [0.25, 0.3) is 11.8 Å². The zero-order chi connectivity index (χ0) is 25.6. The van der Waals surface area contributed by atoms with Crippen LogP contribution in [0.4, 0.5) is 0 Å². The highest BCUT2D eigenvalue weighted by Crippen LogP contribution is 2.33. The highest BCUT2D eigenvalue weighted by Gasteiger charge is 2.37. The van der Waals surface area contributed by atoms with Crippen LogP contribution in [0.5, 0.6) is 0 Å². The van der Waals surface area contributed by atoms with Crippen molar-refractivity contribution in [3.8, 4) is 10.8 Å². The third-order valence-electron chi connectivity index (χ3n) is 5.78. The zero-order valence-electron chi connectivity index (χ0n) is 20.3. The van der Waals surface area contributed by atoms with E-state index in [4.69, 9.17) is 9.73 Å². The van der Waals surface area contributed by atoms with Gasteiger partial charge in [0.05, 0.1) is 16.8 Å². The van der Waals surface area contributed by atoms with Crippen LogP contribution in [0.15, 0.2) is 46.3 Å².